The lowest BCUT2D eigenvalue weighted by molar-refractivity contribution is -0.118. The number of nitrogens with one attached hydrogen (secondary N) is 2. The van der Waals surface area contributed by atoms with Gasteiger partial charge in [-0.3, -0.25) is 9.59 Å². The molecule has 13 heavy (non-hydrogen) atoms. The molecule has 0 aromatic carbocycles. The Labute approximate surface area is 77.8 Å². The molecule has 0 atom stereocenters. The largest absolute Gasteiger partial charge is 0.308 e. The minimum Gasteiger partial charge on any atom is -0.308 e. The molecule has 0 bridgehead atoms. The van der Waals surface area contributed by atoms with Gasteiger partial charge in [-0.1, -0.05) is 0 Å². The van der Waals surface area contributed by atoms with E-state index in [1.807, 2.05) is 0 Å². The molecule has 0 fully saturated rings. The summed E-state index contributed by atoms with van der Waals surface area (Å²) in [6, 6.07) is 0. The van der Waals surface area contributed by atoms with Crippen molar-refractivity contribution in [1.29, 1.82) is 0 Å². The van der Waals surface area contributed by atoms with Gasteiger partial charge in [0, 0.05) is 6.54 Å². The number of rotatable bonds is 8. The van der Waals surface area contributed by atoms with Crippen LogP contribution in [-0.2, 0) is 14.4 Å². The van der Waals surface area contributed by atoms with Gasteiger partial charge in [-0.05, 0) is 13.8 Å². The lowest BCUT2D eigenvalue weighted by Gasteiger charge is -2.04. The molecule has 0 saturated heterocycles. The maximum Gasteiger partial charge on any atom is 0.145 e. The molecule has 0 aromatic heterocycles. The number of hydrogen-bond acceptors (Lipinski definition) is 5. The molecule has 0 rings (SSSR count). The Morgan fingerprint density at radius 2 is 1.77 bits per heavy atom. The summed E-state index contributed by atoms with van der Waals surface area (Å²) in [4.78, 5) is 25.8. The van der Waals surface area contributed by atoms with Gasteiger partial charge in [-0.2, -0.15) is 5.48 Å². The first kappa shape index (κ1) is 12.2. The summed E-state index contributed by atoms with van der Waals surface area (Å²) in [5.41, 5.74) is 2.50. The van der Waals surface area contributed by atoms with E-state index in [0.29, 0.717) is 19.7 Å². The summed E-state index contributed by atoms with van der Waals surface area (Å²) in [5.74, 6) is 0.119. The highest BCUT2D eigenvalue weighted by Crippen LogP contribution is 1.69. The van der Waals surface area contributed by atoms with Crippen molar-refractivity contribution in [3.8, 4) is 0 Å². The third-order valence-corrected chi connectivity index (χ3v) is 1.18. The second-order valence-electron chi connectivity index (χ2n) is 2.75. The van der Waals surface area contributed by atoms with Crippen LogP contribution < -0.4 is 10.8 Å². The van der Waals surface area contributed by atoms with Gasteiger partial charge in [0.2, 0.25) is 0 Å². The van der Waals surface area contributed by atoms with E-state index in [1.54, 1.807) is 0 Å². The Morgan fingerprint density at radius 1 is 1.15 bits per heavy atom. The SMILES string of the molecule is CC(=O)CNCCONCC(C)=O. The predicted octanol–water partition coefficient (Wildman–Crippen LogP) is -0.725. The molecule has 0 radical (unpaired) electrons. The zero-order valence-corrected chi connectivity index (χ0v) is 8.05. The summed E-state index contributed by atoms with van der Waals surface area (Å²) in [5, 5.41) is 2.87. The highest BCUT2D eigenvalue weighted by atomic mass is 16.6. The topological polar surface area (TPSA) is 67.4 Å². The normalized spacial score (nSPS) is 10.0. The van der Waals surface area contributed by atoms with Gasteiger partial charge in [-0.25, -0.2) is 0 Å². The number of Topliss-reactive ketones (excluding diaryl/α,β-unsaturated/α-hetero) is 2. The monoisotopic (exact) mass is 188 g/mol. The van der Waals surface area contributed by atoms with Gasteiger partial charge in [0.15, 0.2) is 0 Å². The summed E-state index contributed by atoms with van der Waals surface area (Å²) in [7, 11) is 0. The van der Waals surface area contributed by atoms with Crippen molar-refractivity contribution in [1.82, 2.24) is 10.8 Å². The van der Waals surface area contributed by atoms with Crippen molar-refractivity contribution in [2.75, 3.05) is 26.2 Å². The van der Waals surface area contributed by atoms with E-state index in [-0.39, 0.29) is 18.1 Å². The van der Waals surface area contributed by atoms with E-state index in [9.17, 15) is 9.59 Å². The van der Waals surface area contributed by atoms with E-state index in [0.717, 1.165) is 0 Å². The van der Waals surface area contributed by atoms with Crippen LogP contribution in [0.3, 0.4) is 0 Å². The van der Waals surface area contributed by atoms with Crippen LogP contribution in [0.25, 0.3) is 0 Å². The number of ketones is 2. The van der Waals surface area contributed by atoms with Crippen LogP contribution in [0.1, 0.15) is 13.8 Å². The van der Waals surface area contributed by atoms with Gasteiger partial charge >= 0.3 is 0 Å². The highest BCUT2D eigenvalue weighted by Gasteiger charge is 1.93. The molecule has 0 aliphatic rings. The number of hydroxylamine groups is 1. The lowest BCUT2D eigenvalue weighted by Crippen LogP contribution is -2.29. The number of hydrogen-bond donors (Lipinski definition) is 2. The van der Waals surface area contributed by atoms with Crippen LogP contribution in [0.4, 0.5) is 0 Å². The molecule has 0 aliphatic carbocycles. The van der Waals surface area contributed by atoms with E-state index >= 15 is 0 Å². The zero-order valence-electron chi connectivity index (χ0n) is 8.05. The number of carbonyl (C=O) groups excluding carboxylic acids is 2. The van der Waals surface area contributed by atoms with E-state index < -0.39 is 0 Å². The van der Waals surface area contributed by atoms with Crippen LogP contribution in [0, 0.1) is 0 Å². The molecule has 5 nitrogen and oxygen atoms in total. The van der Waals surface area contributed by atoms with Crippen molar-refractivity contribution in [3.63, 3.8) is 0 Å². The Balaban J connectivity index is 3.00. The molecular weight excluding hydrogens is 172 g/mol. The Kier molecular flexibility index (Phi) is 7.38. The second-order valence-corrected chi connectivity index (χ2v) is 2.75. The minimum absolute atomic E-state index is 0.0247. The first-order valence-electron chi connectivity index (χ1n) is 4.17. The van der Waals surface area contributed by atoms with Crippen LogP contribution in [0.2, 0.25) is 0 Å². The first-order valence-corrected chi connectivity index (χ1v) is 4.17. The van der Waals surface area contributed by atoms with Gasteiger partial charge < -0.3 is 10.2 Å². The van der Waals surface area contributed by atoms with Crippen molar-refractivity contribution in [2.45, 2.75) is 13.8 Å². The van der Waals surface area contributed by atoms with Crippen LogP contribution >= 0.6 is 0 Å². The lowest BCUT2D eigenvalue weighted by atomic mass is 10.4. The highest BCUT2D eigenvalue weighted by molar-refractivity contribution is 5.77. The second kappa shape index (κ2) is 7.85. The molecule has 0 aliphatic heterocycles. The summed E-state index contributed by atoms with van der Waals surface area (Å²) in [6.45, 7) is 4.58. The first-order chi connectivity index (χ1) is 6.13. The molecule has 0 saturated carbocycles. The maximum atomic E-state index is 10.5. The zero-order chi connectivity index (χ0) is 10.1. The summed E-state index contributed by atoms with van der Waals surface area (Å²) >= 11 is 0. The van der Waals surface area contributed by atoms with Crippen LogP contribution in [-0.4, -0.2) is 37.8 Å². The van der Waals surface area contributed by atoms with Gasteiger partial charge in [0.05, 0.1) is 19.7 Å². The molecule has 76 valence electrons. The molecular formula is C8H16N2O3. The Bertz CT molecular complexity index is 153. The van der Waals surface area contributed by atoms with E-state index in [1.165, 1.54) is 13.8 Å². The van der Waals surface area contributed by atoms with Crippen molar-refractivity contribution in [3.05, 3.63) is 0 Å². The molecule has 5 heteroatoms. The summed E-state index contributed by atoms with van der Waals surface area (Å²) in [6.07, 6.45) is 0. The van der Waals surface area contributed by atoms with Crippen molar-refractivity contribution < 1.29 is 14.4 Å². The van der Waals surface area contributed by atoms with Crippen molar-refractivity contribution >= 4 is 11.6 Å². The average molecular weight is 188 g/mol. The molecule has 0 unspecified atom stereocenters. The third kappa shape index (κ3) is 11.2. The molecule has 0 heterocycles. The predicted molar refractivity (Wildman–Crippen MR) is 48.2 cm³/mol. The fourth-order valence-corrected chi connectivity index (χ4v) is 0.612. The average Bonchev–Trinajstić information content (AvgIpc) is 2.01. The minimum atomic E-state index is 0.0247. The van der Waals surface area contributed by atoms with Crippen LogP contribution in [0.5, 0.6) is 0 Å². The quantitative estimate of drug-likeness (QED) is 0.388. The maximum absolute atomic E-state index is 10.5. The van der Waals surface area contributed by atoms with Gasteiger partial charge in [-0.15, -0.1) is 0 Å². The standard InChI is InChI=1S/C8H16N2O3/c1-7(11)5-9-3-4-13-10-6-8(2)12/h9-10H,3-6H2,1-2H3. The van der Waals surface area contributed by atoms with Crippen molar-refractivity contribution in [2.24, 2.45) is 0 Å². The van der Waals surface area contributed by atoms with Gasteiger partial charge in [0.25, 0.3) is 0 Å². The molecule has 0 spiro atoms. The van der Waals surface area contributed by atoms with E-state index in [2.05, 4.69) is 10.8 Å². The number of carbonyl (C=O) groups is 2. The smallest absolute Gasteiger partial charge is 0.145 e. The third-order valence-electron chi connectivity index (χ3n) is 1.18. The Hall–Kier alpha value is -0.780. The molecule has 0 aromatic rings. The molecule has 2 N–H and O–H groups in total. The Morgan fingerprint density at radius 3 is 2.31 bits per heavy atom. The van der Waals surface area contributed by atoms with E-state index in [4.69, 9.17) is 4.84 Å². The van der Waals surface area contributed by atoms with Crippen LogP contribution in [0.15, 0.2) is 0 Å². The fourth-order valence-electron chi connectivity index (χ4n) is 0.612. The van der Waals surface area contributed by atoms with Gasteiger partial charge in [0.1, 0.15) is 11.6 Å². The fraction of sp³-hybridized carbons (Fsp3) is 0.750. The summed E-state index contributed by atoms with van der Waals surface area (Å²) < 4.78 is 0. The molecule has 0 amide bonds.